The van der Waals surface area contributed by atoms with Crippen molar-refractivity contribution in [2.75, 3.05) is 13.2 Å². The third-order valence-corrected chi connectivity index (χ3v) is 4.63. The molecule has 0 spiro atoms. The molecule has 2 aromatic carbocycles. The van der Waals surface area contributed by atoms with Crippen molar-refractivity contribution in [3.8, 4) is 0 Å². The standard InChI is InChI=1S/C18H20ClNO/c19-16-8-6-15(7-9-16)17-10-11-20(18(17)13-21)12-14-4-2-1-3-5-14/h1-9,17-18,21H,10-13H2/t17-,18-/m0/s1. The number of rotatable bonds is 4. The minimum atomic E-state index is 0.186. The van der Waals surface area contributed by atoms with E-state index in [9.17, 15) is 5.11 Å². The van der Waals surface area contributed by atoms with E-state index in [4.69, 9.17) is 11.6 Å². The highest BCUT2D eigenvalue weighted by Gasteiger charge is 2.34. The molecular weight excluding hydrogens is 282 g/mol. The van der Waals surface area contributed by atoms with Gasteiger partial charge in [0.1, 0.15) is 0 Å². The number of hydrogen-bond acceptors (Lipinski definition) is 2. The van der Waals surface area contributed by atoms with Crippen LogP contribution in [0.5, 0.6) is 0 Å². The molecule has 3 rings (SSSR count). The molecule has 0 bridgehead atoms. The monoisotopic (exact) mass is 301 g/mol. The van der Waals surface area contributed by atoms with Gasteiger partial charge in [0.2, 0.25) is 0 Å². The quantitative estimate of drug-likeness (QED) is 0.931. The fraction of sp³-hybridized carbons (Fsp3) is 0.333. The highest BCUT2D eigenvalue weighted by Crippen LogP contribution is 2.34. The first-order valence-corrected chi connectivity index (χ1v) is 7.80. The molecule has 1 aliphatic heterocycles. The van der Waals surface area contributed by atoms with Crippen LogP contribution in [-0.2, 0) is 6.54 Å². The molecule has 0 unspecified atom stereocenters. The lowest BCUT2D eigenvalue weighted by molar-refractivity contribution is 0.145. The minimum Gasteiger partial charge on any atom is -0.395 e. The number of likely N-dealkylation sites (tertiary alicyclic amines) is 1. The van der Waals surface area contributed by atoms with Crippen molar-refractivity contribution in [3.63, 3.8) is 0 Å². The second-order valence-corrected chi connectivity index (χ2v) is 6.09. The first-order valence-electron chi connectivity index (χ1n) is 7.42. The summed E-state index contributed by atoms with van der Waals surface area (Å²) in [5.41, 5.74) is 2.57. The van der Waals surface area contributed by atoms with Crippen LogP contribution >= 0.6 is 11.6 Å². The molecule has 21 heavy (non-hydrogen) atoms. The van der Waals surface area contributed by atoms with E-state index in [1.807, 2.05) is 18.2 Å². The molecule has 0 aromatic heterocycles. The van der Waals surface area contributed by atoms with Gasteiger partial charge >= 0.3 is 0 Å². The van der Waals surface area contributed by atoms with Crippen LogP contribution in [0.2, 0.25) is 5.02 Å². The van der Waals surface area contributed by atoms with Crippen molar-refractivity contribution >= 4 is 11.6 Å². The fourth-order valence-corrected chi connectivity index (χ4v) is 3.40. The van der Waals surface area contributed by atoms with E-state index in [1.165, 1.54) is 11.1 Å². The Hall–Kier alpha value is -1.35. The van der Waals surface area contributed by atoms with Gasteiger partial charge in [-0.2, -0.15) is 0 Å². The van der Waals surface area contributed by atoms with Gasteiger partial charge in [-0.1, -0.05) is 54.1 Å². The minimum absolute atomic E-state index is 0.186. The van der Waals surface area contributed by atoms with Gasteiger partial charge in [0, 0.05) is 23.5 Å². The summed E-state index contributed by atoms with van der Waals surface area (Å²) in [4.78, 5) is 2.38. The molecule has 0 saturated carbocycles. The van der Waals surface area contributed by atoms with Gasteiger partial charge in [0.05, 0.1) is 6.61 Å². The van der Waals surface area contributed by atoms with Crippen LogP contribution in [0.1, 0.15) is 23.5 Å². The van der Waals surface area contributed by atoms with Crippen molar-refractivity contribution in [1.82, 2.24) is 4.90 Å². The summed E-state index contributed by atoms with van der Waals surface area (Å²) >= 11 is 5.96. The van der Waals surface area contributed by atoms with Gasteiger partial charge < -0.3 is 5.11 Å². The van der Waals surface area contributed by atoms with Gasteiger partial charge in [0.15, 0.2) is 0 Å². The highest BCUT2D eigenvalue weighted by atomic mass is 35.5. The average molecular weight is 302 g/mol. The molecular formula is C18H20ClNO. The van der Waals surface area contributed by atoms with Crippen LogP contribution in [0.15, 0.2) is 54.6 Å². The smallest absolute Gasteiger partial charge is 0.0592 e. The van der Waals surface area contributed by atoms with Gasteiger partial charge in [-0.15, -0.1) is 0 Å². The number of nitrogens with zero attached hydrogens (tertiary/aromatic N) is 1. The second kappa shape index (κ2) is 6.61. The first-order chi connectivity index (χ1) is 10.3. The molecule has 2 atom stereocenters. The normalized spacial score (nSPS) is 22.6. The average Bonchev–Trinajstić information content (AvgIpc) is 2.92. The maximum atomic E-state index is 9.83. The van der Waals surface area contributed by atoms with Crippen LogP contribution in [0.3, 0.4) is 0 Å². The van der Waals surface area contributed by atoms with Gasteiger partial charge in [-0.25, -0.2) is 0 Å². The molecule has 3 heteroatoms. The Morgan fingerprint density at radius 3 is 2.43 bits per heavy atom. The molecule has 1 fully saturated rings. The largest absolute Gasteiger partial charge is 0.395 e. The lowest BCUT2D eigenvalue weighted by Crippen LogP contribution is -2.34. The summed E-state index contributed by atoms with van der Waals surface area (Å²) in [6.45, 7) is 2.11. The van der Waals surface area contributed by atoms with Crippen LogP contribution in [-0.4, -0.2) is 29.2 Å². The van der Waals surface area contributed by atoms with Crippen LogP contribution < -0.4 is 0 Å². The number of aliphatic hydroxyl groups excluding tert-OH is 1. The third-order valence-electron chi connectivity index (χ3n) is 4.37. The fourth-order valence-electron chi connectivity index (χ4n) is 3.27. The summed E-state index contributed by atoms with van der Waals surface area (Å²) in [7, 11) is 0. The van der Waals surface area contributed by atoms with Crippen LogP contribution in [0, 0.1) is 0 Å². The molecule has 2 aromatic rings. The van der Waals surface area contributed by atoms with E-state index in [0.717, 1.165) is 24.5 Å². The molecule has 2 nitrogen and oxygen atoms in total. The second-order valence-electron chi connectivity index (χ2n) is 5.65. The summed E-state index contributed by atoms with van der Waals surface area (Å²) in [5, 5.41) is 10.6. The third kappa shape index (κ3) is 3.29. The van der Waals surface area contributed by atoms with Gasteiger partial charge in [0.25, 0.3) is 0 Å². The van der Waals surface area contributed by atoms with E-state index in [2.05, 4.69) is 41.3 Å². The maximum Gasteiger partial charge on any atom is 0.0592 e. The van der Waals surface area contributed by atoms with Crippen molar-refractivity contribution in [2.24, 2.45) is 0 Å². The zero-order valence-corrected chi connectivity index (χ0v) is 12.7. The summed E-state index contributed by atoms with van der Waals surface area (Å²) in [6.07, 6.45) is 1.08. The molecule has 0 aliphatic carbocycles. The molecule has 1 heterocycles. The Morgan fingerprint density at radius 1 is 1.05 bits per heavy atom. The SMILES string of the molecule is OC[C@H]1[C@H](c2ccc(Cl)cc2)CCN1Cc1ccccc1. The zero-order chi connectivity index (χ0) is 14.7. The van der Waals surface area contributed by atoms with Crippen LogP contribution in [0.4, 0.5) is 0 Å². The lowest BCUT2D eigenvalue weighted by Gasteiger charge is -2.26. The summed E-state index contributed by atoms with van der Waals surface area (Å²) in [5.74, 6) is 0.385. The number of halogens is 1. The molecule has 110 valence electrons. The molecule has 0 amide bonds. The van der Waals surface area contributed by atoms with Crippen molar-refractivity contribution in [2.45, 2.75) is 24.9 Å². The number of hydrogen-bond donors (Lipinski definition) is 1. The van der Waals surface area contributed by atoms with Gasteiger partial charge in [-0.05, 0) is 36.2 Å². The lowest BCUT2D eigenvalue weighted by atomic mass is 9.92. The molecule has 1 aliphatic rings. The summed E-state index contributed by atoms with van der Waals surface area (Å²) < 4.78 is 0. The molecule has 1 N–H and O–H groups in total. The van der Waals surface area contributed by atoms with E-state index in [1.54, 1.807) is 0 Å². The topological polar surface area (TPSA) is 23.5 Å². The zero-order valence-electron chi connectivity index (χ0n) is 12.0. The predicted octanol–water partition coefficient (Wildman–Crippen LogP) is 3.69. The van der Waals surface area contributed by atoms with Crippen LogP contribution in [0.25, 0.3) is 0 Å². The van der Waals surface area contributed by atoms with Gasteiger partial charge in [-0.3, -0.25) is 4.90 Å². The Kier molecular flexibility index (Phi) is 4.59. The van der Waals surface area contributed by atoms with Crippen molar-refractivity contribution in [1.29, 1.82) is 0 Å². The van der Waals surface area contributed by atoms with E-state index in [0.29, 0.717) is 5.92 Å². The Balaban J connectivity index is 1.75. The Bertz CT molecular complexity index is 570. The van der Waals surface area contributed by atoms with E-state index in [-0.39, 0.29) is 12.6 Å². The van der Waals surface area contributed by atoms with E-state index < -0.39 is 0 Å². The molecule has 1 saturated heterocycles. The number of aliphatic hydroxyl groups is 1. The Morgan fingerprint density at radius 2 is 1.76 bits per heavy atom. The van der Waals surface area contributed by atoms with E-state index >= 15 is 0 Å². The van der Waals surface area contributed by atoms with Crippen molar-refractivity contribution in [3.05, 3.63) is 70.7 Å². The molecule has 0 radical (unpaired) electrons. The first kappa shape index (κ1) is 14.6. The number of benzene rings is 2. The predicted molar refractivity (Wildman–Crippen MR) is 86.5 cm³/mol. The maximum absolute atomic E-state index is 9.83. The summed E-state index contributed by atoms with van der Waals surface area (Å²) in [6, 6.07) is 18.7. The van der Waals surface area contributed by atoms with Crippen molar-refractivity contribution < 1.29 is 5.11 Å². The Labute approximate surface area is 131 Å². The highest BCUT2D eigenvalue weighted by molar-refractivity contribution is 6.30.